The first-order chi connectivity index (χ1) is 11.3. The van der Waals surface area contributed by atoms with Gasteiger partial charge in [-0.3, -0.25) is 4.79 Å². The normalized spacial score (nSPS) is 11.7. The lowest BCUT2D eigenvalue weighted by molar-refractivity contribution is -0.123. The van der Waals surface area contributed by atoms with Gasteiger partial charge in [0.05, 0.1) is 20.6 Å². The average molecular weight is 391 g/mol. The summed E-state index contributed by atoms with van der Waals surface area (Å²) in [6.45, 7) is 1.38. The van der Waals surface area contributed by atoms with E-state index in [4.69, 9.17) is 39.5 Å². The van der Waals surface area contributed by atoms with Crippen LogP contribution in [0.2, 0.25) is 15.1 Å². The average Bonchev–Trinajstić information content (AvgIpc) is 2.53. The summed E-state index contributed by atoms with van der Waals surface area (Å²) in [5, 5.41) is 2.63. The Labute approximate surface area is 152 Å². The van der Waals surface area contributed by atoms with Gasteiger partial charge < -0.3 is 10.1 Å². The molecule has 0 aliphatic rings. The fraction of sp³-hybridized carbons (Fsp3) is 0.125. The van der Waals surface area contributed by atoms with E-state index in [1.165, 1.54) is 43.3 Å². The SMILES string of the molecule is C[C@@H](OC(=O)c1c(Cl)ccc(Cl)c1Cl)C(=O)Nc1ccc(F)cc1. The Kier molecular flexibility index (Phi) is 6.04. The minimum atomic E-state index is -1.13. The van der Waals surface area contributed by atoms with Crippen molar-refractivity contribution in [2.75, 3.05) is 5.32 Å². The molecule has 1 amide bonds. The third-order valence-corrected chi connectivity index (χ3v) is 4.13. The van der Waals surface area contributed by atoms with E-state index in [2.05, 4.69) is 5.32 Å². The molecular weight excluding hydrogens is 380 g/mol. The largest absolute Gasteiger partial charge is 0.449 e. The van der Waals surface area contributed by atoms with Crippen LogP contribution in [0.3, 0.4) is 0 Å². The number of nitrogens with one attached hydrogen (secondary N) is 1. The van der Waals surface area contributed by atoms with Gasteiger partial charge in [-0.05, 0) is 43.3 Å². The van der Waals surface area contributed by atoms with E-state index in [0.717, 1.165) is 0 Å². The molecule has 4 nitrogen and oxygen atoms in total. The summed E-state index contributed by atoms with van der Waals surface area (Å²) in [5.41, 5.74) is 0.246. The highest BCUT2D eigenvalue weighted by Crippen LogP contribution is 2.32. The smallest absolute Gasteiger partial charge is 0.342 e. The summed E-state index contributed by atoms with van der Waals surface area (Å²) in [7, 11) is 0. The van der Waals surface area contributed by atoms with Gasteiger partial charge in [-0.15, -0.1) is 0 Å². The van der Waals surface area contributed by atoms with Crippen LogP contribution in [-0.2, 0) is 9.53 Å². The van der Waals surface area contributed by atoms with E-state index in [-0.39, 0.29) is 20.6 Å². The van der Waals surface area contributed by atoms with Gasteiger partial charge in [0, 0.05) is 5.69 Å². The zero-order valence-corrected chi connectivity index (χ0v) is 14.5. The second kappa shape index (κ2) is 7.83. The lowest BCUT2D eigenvalue weighted by Gasteiger charge is -2.15. The molecule has 2 rings (SSSR count). The Morgan fingerprint density at radius 2 is 1.62 bits per heavy atom. The van der Waals surface area contributed by atoms with Crippen LogP contribution < -0.4 is 5.32 Å². The predicted molar refractivity (Wildman–Crippen MR) is 91.4 cm³/mol. The van der Waals surface area contributed by atoms with Crippen molar-refractivity contribution in [3.05, 3.63) is 62.8 Å². The first-order valence-corrected chi connectivity index (χ1v) is 7.84. The molecule has 0 spiro atoms. The lowest BCUT2D eigenvalue weighted by atomic mass is 10.2. The van der Waals surface area contributed by atoms with E-state index in [1.807, 2.05) is 0 Å². The van der Waals surface area contributed by atoms with Crippen LogP contribution >= 0.6 is 34.8 Å². The molecule has 0 aromatic heterocycles. The molecular formula is C16H11Cl3FNO3. The number of hydrogen-bond acceptors (Lipinski definition) is 3. The third-order valence-electron chi connectivity index (χ3n) is 3.01. The number of amides is 1. The number of esters is 1. The Balaban J connectivity index is 2.07. The minimum absolute atomic E-state index is 0.0553. The molecule has 0 saturated carbocycles. The molecule has 24 heavy (non-hydrogen) atoms. The molecule has 0 bridgehead atoms. The summed E-state index contributed by atoms with van der Waals surface area (Å²) in [6, 6.07) is 7.98. The third kappa shape index (κ3) is 4.38. The van der Waals surface area contributed by atoms with Crippen molar-refractivity contribution in [1.82, 2.24) is 0 Å². The highest BCUT2D eigenvalue weighted by atomic mass is 35.5. The summed E-state index contributed by atoms with van der Waals surface area (Å²) in [5.74, 6) is -1.91. The molecule has 0 unspecified atom stereocenters. The molecule has 0 fully saturated rings. The highest BCUT2D eigenvalue weighted by molar-refractivity contribution is 6.46. The first kappa shape index (κ1) is 18.5. The number of halogens is 4. The standard InChI is InChI=1S/C16H11Cl3FNO3/c1-8(15(22)21-10-4-2-9(20)3-5-10)24-16(23)13-11(17)6-7-12(18)14(13)19/h2-8H,1H3,(H,21,22)/t8-/m1/s1. The fourth-order valence-electron chi connectivity index (χ4n) is 1.76. The molecule has 2 aromatic carbocycles. The van der Waals surface area contributed by atoms with Crippen LogP contribution in [0, 0.1) is 5.82 Å². The van der Waals surface area contributed by atoms with Gasteiger partial charge in [0.25, 0.3) is 5.91 Å². The molecule has 0 heterocycles. The van der Waals surface area contributed by atoms with Crippen LogP contribution in [0.5, 0.6) is 0 Å². The molecule has 0 aliphatic heterocycles. The van der Waals surface area contributed by atoms with E-state index in [1.54, 1.807) is 0 Å². The number of ether oxygens (including phenoxy) is 1. The van der Waals surface area contributed by atoms with Gasteiger partial charge in [-0.25, -0.2) is 9.18 Å². The maximum Gasteiger partial charge on any atom is 0.342 e. The maximum atomic E-state index is 12.8. The van der Waals surface area contributed by atoms with E-state index in [9.17, 15) is 14.0 Å². The van der Waals surface area contributed by atoms with Crippen LogP contribution in [-0.4, -0.2) is 18.0 Å². The Bertz CT molecular complexity index is 781. The van der Waals surface area contributed by atoms with Crippen LogP contribution in [0.4, 0.5) is 10.1 Å². The number of anilines is 1. The zero-order chi connectivity index (χ0) is 17.9. The maximum absolute atomic E-state index is 12.8. The second-order valence-electron chi connectivity index (χ2n) is 4.76. The van der Waals surface area contributed by atoms with Crippen LogP contribution in [0.1, 0.15) is 17.3 Å². The van der Waals surface area contributed by atoms with Gasteiger partial charge in [0.1, 0.15) is 5.82 Å². The Morgan fingerprint density at radius 3 is 2.25 bits per heavy atom. The molecule has 8 heteroatoms. The van der Waals surface area contributed by atoms with Gasteiger partial charge in [-0.1, -0.05) is 34.8 Å². The van der Waals surface area contributed by atoms with Crippen molar-refractivity contribution in [3.63, 3.8) is 0 Å². The van der Waals surface area contributed by atoms with Crippen molar-refractivity contribution in [2.45, 2.75) is 13.0 Å². The highest BCUT2D eigenvalue weighted by Gasteiger charge is 2.24. The monoisotopic (exact) mass is 389 g/mol. The number of carbonyl (C=O) groups is 2. The number of benzene rings is 2. The second-order valence-corrected chi connectivity index (χ2v) is 5.95. The van der Waals surface area contributed by atoms with Crippen LogP contribution in [0.25, 0.3) is 0 Å². The van der Waals surface area contributed by atoms with Crippen molar-refractivity contribution >= 4 is 52.4 Å². The summed E-state index contributed by atoms with van der Waals surface area (Å²) in [6.07, 6.45) is -1.13. The van der Waals surface area contributed by atoms with E-state index < -0.39 is 23.8 Å². The Morgan fingerprint density at radius 1 is 1.04 bits per heavy atom. The van der Waals surface area contributed by atoms with Gasteiger partial charge in [0.15, 0.2) is 6.10 Å². The van der Waals surface area contributed by atoms with Gasteiger partial charge in [0.2, 0.25) is 0 Å². The van der Waals surface area contributed by atoms with Gasteiger partial charge in [-0.2, -0.15) is 0 Å². The number of carbonyl (C=O) groups excluding carboxylic acids is 2. The van der Waals surface area contributed by atoms with Crippen LogP contribution in [0.15, 0.2) is 36.4 Å². The van der Waals surface area contributed by atoms with E-state index in [0.29, 0.717) is 5.69 Å². The molecule has 2 aromatic rings. The molecule has 0 aliphatic carbocycles. The summed E-state index contributed by atoms with van der Waals surface area (Å²) >= 11 is 17.7. The van der Waals surface area contributed by atoms with Gasteiger partial charge >= 0.3 is 5.97 Å². The quantitative estimate of drug-likeness (QED) is 0.592. The summed E-state index contributed by atoms with van der Waals surface area (Å²) in [4.78, 5) is 24.2. The molecule has 1 N–H and O–H groups in total. The van der Waals surface area contributed by atoms with Crippen molar-refractivity contribution in [1.29, 1.82) is 0 Å². The topological polar surface area (TPSA) is 55.4 Å². The summed E-state index contributed by atoms with van der Waals surface area (Å²) < 4.78 is 17.9. The molecule has 0 radical (unpaired) electrons. The molecule has 126 valence electrons. The first-order valence-electron chi connectivity index (χ1n) is 6.70. The Hall–Kier alpha value is -1.82. The minimum Gasteiger partial charge on any atom is -0.449 e. The number of rotatable bonds is 4. The molecule has 0 saturated heterocycles. The van der Waals surface area contributed by atoms with E-state index >= 15 is 0 Å². The lowest BCUT2D eigenvalue weighted by Crippen LogP contribution is -2.30. The fourth-order valence-corrected chi connectivity index (χ4v) is 2.45. The van der Waals surface area contributed by atoms with Crippen molar-refractivity contribution in [3.8, 4) is 0 Å². The number of hydrogen-bond donors (Lipinski definition) is 1. The molecule has 1 atom stereocenters. The zero-order valence-electron chi connectivity index (χ0n) is 12.3. The predicted octanol–water partition coefficient (Wildman–Crippen LogP) is 4.97. The van der Waals surface area contributed by atoms with Crippen molar-refractivity contribution in [2.24, 2.45) is 0 Å². The van der Waals surface area contributed by atoms with Crippen molar-refractivity contribution < 1.29 is 18.7 Å².